The summed E-state index contributed by atoms with van der Waals surface area (Å²) in [6.45, 7) is 1.71. The number of fused-ring (bicyclic) bond motifs is 1. The molecule has 172 valence electrons. The lowest BCUT2D eigenvalue weighted by Crippen LogP contribution is -2.37. The molecule has 6 heteroatoms. The van der Waals surface area contributed by atoms with Crippen molar-refractivity contribution in [3.8, 4) is 16.9 Å². The molecule has 0 aliphatic carbocycles. The number of carbonyl (C=O) groups excluding carboxylic acids is 2. The number of carbonyl (C=O) groups is 2. The monoisotopic (exact) mass is 579 g/mol. The quantitative estimate of drug-likeness (QED) is 0.241. The van der Waals surface area contributed by atoms with E-state index in [4.69, 9.17) is 4.74 Å². The molecule has 4 rings (SSSR count). The number of imide groups is 1. The first-order valence-electron chi connectivity index (χ1n) is 10.8. The Labute approximate surface area is 215 Å². The maximum absolute atomic E-state index is 13.6. The summed E-state index contributed by atoms with van der Waals surface area (Å²) < 4.78 is 7.20. The largest absolute Gasteiger partial charge is 0.497 e. The van der Waals surface area contributed by atoms with Crippen LogP contribution in [0.2, 0.25) is 0 Å². The molecule has 0 aliphatic rings. The van der Waals surface area contributed by atoms with Gasteiger partial charge >= 0.3 is 0 Å². The first-order chi connectivity index (χ1) is 16.4. The van der Waals surface area contributed by atoms with Crippen LogP contribution < -0.4 is 4.74 Å². The zero-order valence-corrected chi connectivity index (χ0v) is 22.0. The molecule has 4 nitrogen and oxygen atoms in total. The van der Waals surface area contributed by atoms with Gasteiger partial charge in [-0.2, -0.15) is 0 Å². The van der Waals surface area contributed by atoms with Gasteiger partial charge in [-0.3, -0.25) is 14.5 Å². The van der Waals surface area contributed by atoms with Crippen molar-refractivity contribution in [3.05, 3.63) is 98.9 Å². The second kappa shape index (κ2) is 10.5. The molecular weight excluding hydrogens is 558 g/mol. The molecule has 4 aromatic carbocycles. The Morgan fingerprint density at radius 1 is 0.882 bits per heavy atom. The molecule has 0 N–H and O–H groups in total. The average molecular weight is 581 g/mol. The van der Waals surface area contributed by atoms with Gasteiger partial charge in [-0.15, -0.1) is 0 Å². The van der Waals surface area contributed by atoms with E-state index >= 15 is 0 Å². The van der Waals surface area contributed by atoms with Gasteiger partial charge in [0, 0.05) is 28.0 Å². The van der Waals surface area contributed by atoms with Crippen LogP contribution in [0.15, 0.2) is 87.8 Å². The highest BCUT2D eigenvalue weighted by Crippen LogP contribution is 2.30. The molecule has 0 saturated heterocycles. The maximum Gasteiger partial charge on any atom is 0.261 e. The zero-order valence-electron chi connectivity index (χ0n) is 18.8. The Morgan fingerprint density at radius 2 is 1.62 bits per heavy atom. The minimum Gasteiger partial charge on any atom is -0.497 e. The third-order valence-electron chi connectivity index (χ3n) is 5.78. The van der Waals surface area contributed by atoms with E-state index in [1.165, 1.54) is 11.8 Å². The molecule has 4 aromatic rings. The van der Waals surface area contributed by atoms with Crippen LogP contribution in [0.1, 0.15) is 22.8 Å². The minimum absolute atomic E-state index is 0.278. The molecule has 0 heterocycles. The smallest absolute Gasteiger partial charge is 0.261 e. The van der Waals surface area contributed by atoms with Crippen molar-refractivity contribution in [3.63, 3.8) is 0 Å². The number of hydrogen-bond donors (Lipinski definition) is 0. The number of methoxy groups -OCH3 is 1. The molecule has 0 aromatic heterocycles. The van der Waals surface area contributed by atoms with Crippen LogP contribution in [-0.2, 0) is 11.2 Å². The van der Waals surface area contributed by atoms with Crippen LogP contribution in [0.4, 0.5) is 0 Å². The number of amides is 2. The van der Waals surface area contributed by atoms with Crippen LogP contribution in [0, 0.1) is 0 Å². The summed E-state index contributed by atoms with van der Waals surface area (Å²) in [7, 11) is 1.64. The van der Waals surface area contributed by atoms with Crippen molar-refractivity contribution >= 4 is 54.4 Å². The second-order valence-electron chi connectivity index (χ2n) is 7.93. The van der Waals surface area contributed by atoms with E-state index in [0.717, 1.165) is 42.2 Å². The highest BCUT2D eigenvalue weighted by molar-refractivity contribution is 9.10. The Hall–Kier alpha value is -2.96. The normalized spacial score (nSPS) is 10.8. The molecule has 34 heavy (non-hydrogen) atoms. The van der Waals surface area contributed by atoms with Crippen molar-refractivity contribution < 1.29 is 14.3 Å². The Morgan fingerprint density at radius 3 is 2.32 bits per heavy atom. The standard InChI is InChI=1S/C28H23Br2NO3/c1-18(32)31(15-14-20-5-3-4-19-8-12-24(34-2)17-26(19)20)28(33)25-13-11-23(30)16-27(25)21-6-9-22(29)10-7-21/h3-13,16-17H,14-15H2,1-2H3. The van der Waals surface area contributed by atoms with E-state index in [-0.39, 0.29) is 18.4 Å². The van der Waals surface area contributed by atoms with E-state index in [1.807, 2.05) is 72.8 Å². The van der Waals surface area contributed by atoms with Gasteiger partial charge in [0.2, 0.25) is 5.91 Å². The fourth-order valence-electron chi connectivity index (χ4n) is 4.01. The SMILES string of the molecule is COc1ccc2cccc(CCN(C(C)=O)C(=O)c3ccc(Br)cc3-c3ccc(Br)cc3)c2c1. The predicted octanol–water partition coefficient (Wildman–Crippen LogP) is 7.27. The van der Waals surface area contributed by atoms with Gasteiger partial charge in [-0.05, 0) is 76.3 Å². The highest BCUT2D eigenvalue weighted by atomic mass is 79.9. The fourth-order valence-corrected chi connectivity index (χ4v) is 4.64. The van der Waals surface area contributed by atoms with Crippen LogP contribution in [0.5, 0.6) is 5.75 Å². The van der Waals surface area contributed by atoms with Crippen molar-refractivity contribution in [2.24, 2.45) is 0 Å². The number of ether oxygens (including phenoxy) is 1. The second-order valence-corrected chi connectivity index (χ2v) is 9.76. The number of hydrogen-bond acceptors (Lipinski definition) is 3. The minimum atomic E-state index is -0.310. The average Bonchev–Trinajstić information content (AvgIpc) is 2.84. The third-order valence-corrected chi connectivity index (χ3v) is 6.80. The molecule has 2 amide bonds. The van der Waals surface area contributed by atoms with Crippen molar-refractivity contribution in [1.29, 1.82) is 0 Å². The van der Waals surface area contributed by atoms with Gasteiger partial charge in [0.15, 0.2) is 0 Å². The van der Waals surface area contributed by atoms with Crippen LogP contribution in [0.25, 0.3) is 21.9 Å². The number of nitrogens with zero attached hydrogens (tertiary/aromatic N) is 1. The molecular formula is C28H23Br2NO3. The summed E-state index contributed by atoms with van der Waals surface area (Å²) in [5, 5.41) is 2.14. The summed E-state index contributed by atoms with van der Waals surface area (Å²) in [5.74, 6) is 0.177. The van der Waals surface area contributed by atoms with Gasteiger partial charge in [0.05, 0.1) is 7.11 Å². The Kier molecular flexibility index (Phi) is 7.49. The van der Waals surface area contributed by atoms with Crippen molar-refractivity contribution in [2.75, 3.05) is 13.7 Å². The summed E-state index contributed by atoms with van der Waals surface area (Å²) in [6.07, 6.45) is 0.542. The van der Waals surface area contributed by atoms with Crippen LogP contribution >= 0.6 is 31.9 Å². The van der Waals surface area contributed by atoms with E-state index in [2.05, 4.69) is 31.9 Å². The lowest BCUT2D eigenvalue weighted by Gasteiger charge is -2.21. The summed E-state index contributed by atoms with van der Waals surface area (Å²) in [6, 6.07) is 25.2. The molecule has 0 atom stereocenters. The van der Waals surface area contributed by atoms with E-state index < -0.39 is 0 Å². The Balaban J connectivity index is 1.66. The molecule has 0 aliphatic heterocycles. The zero-order chi connectivity index (χ0) is 24.2. The summed E-state index contributed by atoms with van der Waals surface area (Å²) in [4.78, 5) is 27.5. The lowest BCUT2D eigenvalue weighted by molar-refractivity contribution is -0.126. The van der Waals surface area contributed by atoms with E-state index in [0.29, 0.717) is 12.0 Å². The molecule has 0 fully saturated rings. The summed E-state index contributed by atoms with van der Waals surface area (Å²) in [5.41, 5.74) is 3.21. The Bertz CT molecular complexity index is 1370. The third kappa shape index (κ3) is 5.24. The molecule has 0 bridgehead atoms. The first-order valence-corrected chi connectivity index (χ1v) is 12.4. The fraction of sp³-hybridized carbons (Fsp3) is 0.143. The predicted molar refractivity (Wildman–Crippen MR) is 143 cm³/mol. The molecule has 0 spiro atoms. The first kappa shape index (κ1) is 24.2. The number of rotatable bonds is 6. The van der Waals surface area contributed by atoms with Crippen LogP contribution in [0.3, 0.4) is 0 Å². The van der Waals surface area contributed by atoms with Crippen molar-refractivity contribution in [2.45, 2.75) is 13.3 Å². The maximum atomic E-state index is 13.6. The number of benzene rings is 4. The van der Waals surface area contributed by atoms with Crippen LogP contribution in [-0.4, -0.2) is 30.4 Å². The van der Waals surface area contributed by atoms with Gasteiger partial charge in [-0.1, -0.05) is 68.3 Å². The molecule has 0 radical (unpaired) electrons. The topological polar surface area (TPSA) is 46.6 Å². The number of halogens is 2. The van der Waals surface area contributed by atoms with Gasteiger partial charge in [-0.25, -0.2) is 0 Å². The van der Waals surface area contributed by atoms with Gasteiger partial charge in [0.1, 0.15) is 5.75 Å². The lowest BCUT2D eigenvalue weighted by atomic mass is 9.98. The van der Waals surface area contributed by atoms with E-state index in [1.54, 1.807) is 13.2 Å². The highest BCUT2D eigenvalue weighted by Gasteiger charge is 2.23. The summed E-state index contributed by atoms with van der Waals surface area (Å²) >= 11 is 6.96. The van der Waals surface area contributed by atoms with Gasteiger partial charge < -0.3 is 4.74 Å². The van der Waals surface area contributed by atoms with Gasteiger partial charge in [0.25, 0.3) is 5.91 Å². The van der Waals surface area contributed by atoms with Crippen molar-refractivity contribution in [1.82, 2.24) is 4.90 Å². The molecule has 0 saturated carbocycles. The molecule has 0 unspecified atom stereocenters. The van der Waals surface area contributed by atoms with E-state index in [9.17, 15) is 9.59 Å².